The van der Waals surface area contributed by atoms with E-state index in [4.69, 9.17) is 9.84 Å². The maximum absolute atomic E-state index is 11.7. The SMILES string of the molecule is O=C(N[C@@H]1CCC[C@@H](C(=O)O)C1)OCc1ccccc1. The molecule has 20 heavy (non-hydrogen) atoms. The van der Waals surface area contributed by atoms with Crippen molar-refractivity contribution in [3.63, 3.8) is 0 Å². The van der Waals surface area contributed by atoms with Gasteiger partial charge >= 0.3 is 12.1 Å². The number of nitrogens with one attached hydrogen (secondary N) is 1. The first-order valence-electron chi connectivity index (χ1n) is 6.85. The van der Waals surface area contributed by atoms with E-state index in [1.165, 1.54) is 0 Å². The third-order valence-corrected chi connectivity index (χ3v) is 3.56. The number of aliphatic carboxylic acids is 1. The molecule has 108 valence electrons. The van der Waals surface area contributed by atoms with Crippen molar-refractivity contribution in [3.8, 4) is 0 Å². The van der Waals surface area contributed by atoms with Gasteiger partial charge in [0.15, 0.2) is 0 Å². The first kappa shape index (κ1) is 14.4. The summed E-state index contributed by atoms with van der Waals surface area (Å²) in [6.45, 7) is 0.224. The van der Waals surface area contributed by atoms with Gasteiger partial charge in [0.1, 0.15) is 6.61 Å². The number of benzene rings is 1. The van der Waals surface area contributed by atoms with E-state index >= 15 is 0 Å². The van der Waals surface area contributed by atoms with Crippen LogP contribution in [0.3, 0.4) is 0 Å². The van der Waals surface area contributed by atoms with Crippen molar-refractivity contribution >= 4 is 12.1 Å². The summed E-state index contributed by atoms with van der Waals surface area (Å²) in [4.78, 5) is 22.6. The zero-order valence-electron chi connectivity index (χ0n) is 11.2. The van der Waals surface area contributed by atoms with Gasteiger partial charge in [0.05, 0.1) is 5.92 Å². The number of carboxylic acid groups (broad SMARTS) is 1. The highest BCUT2D eigenvalue weighted by Gasteiger charge is 2.28. The summed E-state index contributed by atoms with van der Waals surface area (Å²) in [6.07, 6.45) is 2.32. The van der Waals surface area contributed by atoms with E-state index in [1.807, 2.05) is 30.3 Å². The molecule has 0 heterocycles. The number of hydrogen-bond donors (Lipinski definition) is 2. The molecule has 1 fully saturated rings. The molecule has 2 atom stereocenters. The Balaban J connectivity index is 1.75. The molecule has 1 aromatic carbocycles. The molecule has 1 aliphatic rings. The molecule has 0 saturated heterocycles. The summed E-state index contributed by atoms with van der Waals surface area (Å²) in [7, 11) is 0. The van der Waals surface area contributed by atoms with Gasteiger partial charge in [-0.05, 0) is 24.8 Å². The number of alkyl carbamates (subject to hydrolysis) is 1. The highest BCUT2D eigenvalue weighted by Crippen LogP contribution is 2.24. The normalized spacial score (nSPS) is 22.0. The van der Waals surface area contributed by atoms with Gasteiger partial charge < -0.3 is 15.2 Å². The zero-order chi connectivity index (χ0) is 14.4. The van der Waals surface area contributed by atoms with Crippen LogP contribution in [0.5, 0.6) is 0 Å². The standard InChI is InChI=1S/C15H19NO4/c17-14(18)12-7-4-8-13(9-12)16-15(19)20-10-11-5-2-1-3-6-11/h1-3,5-6,12-13H,4,7-10H2,(H,16,19)(H,17,18)/t12-,13-/m1/s1. The average molecular weight is 277 g/mol. The van der Waals surface area contributed by atoms with Crippen LogP contribution in [0.15, 0.2) is 30.3 Å². The molecule has 1 aromatic rings. The molecule has 1 amide bonds. The number of carbonyl (C=O) groups excluding carboxylic acids is 1. The van der Waals surface area contributed by atoms with Crippen molar-refractivity contribution in [1.82, 2.24) is 5.32 Å². The number of carboxylic acids is 1. The first-order chi connectivity index (χ1) is 9.65. The molecule has 0 aromatic heterocycles. The van der Waals surface area contributed by atoms with Gasteiger partial charge in [0.2, 0.25) is 0 Å². The molecule has 2 rings (SSSR count). The third-order valence-electron chi connectivity index (χ3n) is 3.56. The lowest BCUT2D eigenvalue weighted by Gasteiger charge is -2.26. The fourth-order valence-corrected chi connectivity index (χ4v) is 2.48. The second-order valence-electron chi connectivity index (χ2n) is 5.10. The predicted molar refractivity (Wildman–Crippen MR) is 73.1 cm³/mol. The lowest BCUT2D eigenvalue weighted by molar-refractivity contribution is -0.143. The quantitative estimate of drug-likeness (QED) is 0.886. The Morgan fingerprint density at radius 3 is 2.70 bits per heavy atom. The van der Waals surface area contributed by atoms with E-state index < -0.39 is 12.1 Å². The number of carbonyl (C=O) groups is 2. The van der Waals surface area contributed by atoms with Crippen LogP contribution in [0.1, 0.15) is 31.2 Å². The Bertz CT molecular complexity index is 460. The van der Waals surface area contributed by atoms with Crippen molar-refractivity contribution in [2.75, 3.05) is 0 Å². The zero-order valence-corrected chi connectivity index (χ0v) is 11.2. The van der Waals surface area contributed by atoms with E-state index in [9.17, 15) is 9.59 Å². The molecule has 5 heteroatoms. The fraction of sp³-hybridized carbons (Fsp3) is 0.467. The van der Waals surface area contributed by atoms with Crippen LogP contribution in [0.25, 0.3) is 0 Å². The Morgan fingerprint density at radius 2 is 2.00 bits per heavy atom. The predicted octanol–water partition coefficient (Wildman–Crippen LogP) is 2.56. The minimum Gasteiger partial charge on any atom is -0.481 e. The molecule has 0 bridgehead atoms. The van der Waals surface area contributed by atoms with E-state index in [-0.39, 0.29) is 18.6 Å². The first-order valence-corrected chi connectivity index (χ1v) is 6.85. The molecule has 2 N–H and O–H groups in total. The Hall–Kier alpha value is -2.04. The van der Waals surface area contributed by atoms with Crippen LogP contribution in [0, 0.1) is 5.92 Å². The van der Waals surface area contributed by atoms with Crippen LogP contribution < -0.4 is 5.32 Å². The van der Waals surface area contributed by atoms with Gasteiger partial charge in [0, 0.05) is 6.04 Å². The van der Waals surface area contributed by atoms with Gasteiger partial charge in [-0.3, -0.25) is 4.79 Å². The molecular weight excluding hydrogens is 258 g/mol. The molecular formula is C15H19NO4. The Kier molecular flexibility index (Phi) is 4.98. The van der Waals surface area contributed by atoms with Gasteiger partial charge in [-0.25, -0.2) is 4.79 Å². The smallest absolute Gasteiger partial charge is 0.407 e. The molecule has 0 spiro atoms. The van der Waals surface area contributed by atoms with Crippen LogP contribution in [0.4, 0.5) is 4.79 Å². The van der Waals surface area contributed by atoms with Gasteiger partial charge in [-0.1, -0.05) is 36.8 Å². The Labute approximate surface area is 117 Å². The van der Waals surface area contributed by atoms with E-state index in [0.29, 0.717) is 12.8 Å². The third kappa shape index (κ3) is 4.26. The maximum atomic E-state index is 11.7. The van der Waals surface area contributed by atoms with Crippen LogP contribution in [-0.2, 0) is 16.1 Å². The van der Waals surface area contributed by atoms with E-state index in [1.54, 1.807) is 0 Å². The summed E-state index contributed by atoms with van der Waals surface area (Å²) < 4.78 is 5.13. The maximum Gasteiger partial charge on any atom is 0.407 e. The Morgan fingerprint density at radius 1 is 1.25 bits per heavy atom. The van der Waals surface area contributed by atoms with E-state index in [0.717, 1.165) is 18.4 Å². The minimum absolute atomic E-state index is 0.104. The van der Waals surface area contributed by atoms with Crippen molar-refractivity contribution in [2.24, 2.45) is 5.92 Å². The molecule has 0 radical (unpaired) electrons. The molecule has 0 unspecified atom stereocenters. The van der Waals surface area contributed by atoms with Crippen molar-refractivity contribution in [1.29, 1.82) is 0 Å². The van der Waals surface area contributed by atoms with Gasteiger partial charge in [-0.15, -0.1) is 0 Å². The largest absolute Gasteiger partial charge is 0.481 e. The lowest BCUT2D eigenvalue weighted by Crippen LogP contribution is -2.40. The fourth-order valence-electron chi connectivity index (χ4n) is 2.48. The van der Waals surface area contributed by atoms with Crippen LogP contribution in [-0.4, -0.2) is 23.2 Å². The summed E-state index contributed by atoms with van der Waals surface area (Å²) in [5.41, 5.74) is 0.926. The van der Waals surface area contributed by atoms with Crippen LogP contribution in [0.2, 0.25) is 0 Å². The molecule has 5 nitrogen and oxygen atoms in total. The average Bonchev–Trinajstić information content (AvgIpc) is 2.46. The van der Waals surface area contributed by atoms with Crippen LogP contribution >= 0.6 is 0 Å². The number of ether oxygens (including phenoxy) is 1. The molecule has 1 saturated carbocycles. The summed E-state index contributed by atoms with van der Waals surface area (Å²) in [6, 6.07) is 9.33. The highest BCUT2D eigenvalue weighted by atomic mass is 16.5. The number of rotatable bonds is 4. The second-order valence-corrected chi connectivity index (χ2v) is 5.10. The topological polar surface area (TPSA) is 75.6 Å². The molecule has 1 aliphatic carbocycles. The highest BCUT2D eigenvalue weighted by molar-refractivity contribution is 5.71. The summed E-state index contributed by atoms with van der Waals surface area (Å²) >= 11 is 0. The van der Waals surface area contributed by atoms with Crippen molar-refractivity contribution in [3.05, 3.63) is 35.9 Å². The van der Waals surface area contributed by atoms with Crippen molar-refractivity contribution in [2.45, 2.75) is 38.3 Å². The minimum atomic E-state index is -0.783. The van der Waals surface area contributed by atoms with Gasteiger partial charge in [0.25, 0.3) is 0 Å². The summed E-state index contributed by atoms with van der Waals surface area (Å²) in [5, 5.41) is 11.7. The summed E-state index contributed by atoms with van der Waals surface area (Å²) in [5.74, 6) is -1.14. The number of amides is 1. The van der Waals surface area contributed by atoms with Gasteiger partial charge in [-0.2, -0.15) is 0 Å². The monoisotopic (exact) mass is 277 g/mol. The molecule has 0 aliphatic heterocycles. The van der Waals surface area contributed by atoms with Crippen molar-refractivity contribution < 1.29 is 19.4 Å². The second kappa shape index (κ2) is 6.93. The lowest BCUT2D eigenvalue weighted by atomic mass is 9.86. The number of hydrogen-bond acceptors (Lipinski definition) is 3. The van der Waals surface area contributed by atoms with E-state index in [2.05, 4.69) is 5.32 Å².